The highest BCUT2D eigenvalue weighted by Crippen LogP contribution is 2.51. The number of anilines is 1. The van der Waals surface area contributed by atoms with E-state index in [9.17, 15) is 0 Å². The van der Waals surface area contributed by atoms with Gasteiger partial charge in [0.1, 0.15) is 0 Å². The smallest absolute Gasteiger partial charge is 0.0431 e. The third-order valence-corrected chi connectivity index (χ3v) is 12.3. The lowest BCUT2D eigenvalue weighted by atomic mass is 9.62. The van der Waals surface area contributed by atoms with Gasteiger partial charge in [0.15, 0.2) is 0 Å². The molecule has 6 rings (SSSR count). The molecule has 0 amide bonds. The van der Waals surface area contributed by atoms with Crippen LogP contribution in [0.3, 0.4) is 0 Å². The number of hydrogen-bond donors (Lipinski definition) is 0. The molecule has 0 bridgehead atoms. The molecule has 5 aliphatic rings. The maximum Gasteiger partial charge on any atom is 0.0431 e. The predicted molar refractivity (Wildman–Crippen MR) is 182 cm³/mol. The molecule has 2 heteroatoms. The minimum Gasteiger partial charge on any atom is -0.365 e. The summed E-state index contributed by atoms with van der Waals surface area (Å²) in [6, 6.07) is 11.1. The summed E-state index contributed by atoms with van der Waals surface area (Å²) in [5.41, 5.74) is 5.76. The van der Waals surface area contributed by atoms with E-state index in [-0.39, 0.29) is 0 Å². The third-order valence-electron chi connectivity index (χ3n) is 12.3. The van der Waals surface area contributed by atoms with Crippen molar-refractivity contribution in [1.29, 1.82) is 0 Å². The van der Waals surface area contributed by atoms with Crippen LogP contribution >= 0.6 is 0 Å². The molecule has 0 radical (unpaired) electrons. The van der Waals surface area contributed by atoms with E-state index < -0.39 is 0 Å². The Morgan fingerprint density at radius 2 is 1.79 bits per heavy atom. The van der Waals surface area contributed by atoms with Crippen LogP contribution in [0.1, 0.15) is 98.0 Å². The molecule has 1 aliphatic heterocycles. The van der Waals surface area contributed by atoms with Crippen LogP contribution in [0.2, 0.25) is 0 Å². The van der Waals surface area contributed by atoms with E-state index in [2.05, 4.69) is 112 Å². The molecule has 1 aromatic carbocycles. The van der Waals surface area contributed by atoms with E-state index in [0.29, 0.717) is 41.7 Å². The normalized spacial score (nSPS) is 35.1. The molecule has 226 valence electrons. The Balaban J connectivity index is 1.31. The van der Waals surface area contributed by atoms with E-state index in [1.54, 1.807) is 5.57 Å². The summed E-state index contributed by atoms with van der Waals surface area (Å²) in [5.74, 6) is 6.07. The molecule has 2 nitrogen and oxygen atoms in total. The van der Waals surface area contributed by atoms with Crippen LogP contribution < -0.4 is 4.90 Å². The second kappa shape index (κ2) is 12.7. The van der Waals surface area contributed by atoms with Crippen molar-refractivity contribution in [2.24, 2.45) is 58.3 Å². The van der Waals surface area contributed by atoms with Crippen molar-refractivity contribution in [3.63, 3.8) is 0 Å². The minimum absolute atomic E-state index is 0.452. The summed E-state index contributed by atoms with van der Waals surface area (Å²) in [6.45, 7) is 16.2. The first-order valence-electron chi connectivity index (χ1n) is 17.5. The molecule has 0 N–H and O–H groups in total. The van der Waals surface area contributed by atoms with Gasteiger partial charge < -0.3 is 4.90 Å². The number of benzene rings is 1. The number of hydrogen-bond acceptors (Lipinski definition) is 2. The van der Waals surface area contributed by atoms with Crippen LogP contribution in [-0.2, 0) is 0 Å². The average molecular weight is 565 g/mol. The highest BCUT2D eigenvalue weighted by Gasteiger charge is 2.48. The fourth-order valence-corrected chi connectivity index (χ4v) is 9.74. The molecule has 0 spiro atoms. The third kappa shape index (κ3) is 5.53. The number of rotatable bonds is 9. The maximum atomic E-state index is 4.48. The first-order valence-corrected chi connectivity index (χ1v) is 17.5. The lowest BCUT2D eigenvalue weighted by molar-refractivity contribution is 0.218. The summed E-state index contributed by atoms with van der Waals surface area (Å²) >= 11 is 0. The van der Waals surface area contributed by atoms with Crippen molar-refractivity contribution in [2.45, 2.75) is 104 Å². The van der Waals surface area contributed by atoms with Crippen molar-refractivity contribution in [3.05, 3.63) is 72.0 Å². The van der Waals surface area contributed by atoms with Crippen molar-refractivity contribution in [3.8, 4) is 0 Å². The Morgan fingerprint density at radius 3 is 2.57 bits per heavy atom. The summed E-state index contributed by atoms with van der Waals surface area (Å²) < 4.78 is 0. The lowest BCUT2D eigenvalue weighted by Crippen LogP contribution is -2.39. The van der Waals surface area contributed by atoms with Gasteiger partial charge in [0.2, 0.25) is 0 Å². The monoisotopic (exact) mass is 564 g/mol. The molecule has 1 fully saturated rings. The summed E-state index contributed by atoms with van der Waals surface area (Å²) in [6.07, 6.45) is 26.4. The molecule has 1 heterocycles. The van der Waals surface area contributed by atoms with Crippen LogP contribution in [0.5, 0.6) is 0 Å². The number of nitrogens with zero attached hydrogens (tertiary/aromatic N) is 2. The van der Waals surface area contributed by atoms with Gasteiger partial charge in [-0.25, -0.2) is 0 Å². The Labute approximate surface area is 257 Å². The largest absolute Gasteiger partial charge is 0.365 e. The maximum absolute atomic E-state index is 4.48. The van der Waals surface area contributed by atoms with Crippen LogP contribution in [-0.4, -0.2) is 18.8 Å². The first kappa shape index (κ1) is 29.7. The van der Waals surface area contributed by atoms with E-state index in [0.717, 1.165) is 23.7 Å². The first-order chi connectivity index (χ1) is 20.4. The van der Waals surface area contributed by atoms with Crippen LogP contribution in [0.4, 0.5) is 5.69 Å². The molecule has 4 aliphatic carbocycles. The molecule has 0 saturated carbocycles. The van der Waals surface area contributed by atoms with Crippen molar-refractivity contribution in [2.75, 3.05) is 4.90 Å². The summed E-state index contributed by atoms with van der Waals surface area (Å²) in [5, 5.41) is 0. The molecule has 42 heavy (non-hydrogen) atoms. The Hall–Kier alpha value is -2.35. The van der Waals surface area contributed by atoms with E-state index in [4.69, 9.17) is 0 Å². The van der Waals surface area contributed by atoms with Gasteiger partial charge in [0, 0.05) is 35.3 Å². The van der Waals surface area contributed by atoms with Crippen LogP contribution in [0.15, 0.2) is 71.4 Å². The average Bonchev–Trinajstić information content (AvgIpc) is 3.32. The van der Waals surface area contributed by atoms with Gasteiger partial charge in [0.25, 0.3) is 0 Å². The van der Waals surface area contributed by atoms with Gasteiger partial charge in [-0.05, 0) is 123 Å². The number of aliphatic imine (C=N–C) groups is 1. The topological polar surface area (TPSA) is 15.6 Å². The van der Waals surface area contributed by atoms with Gasteiger partial charge in [-0.3, -0.25) is 4.99 Å². The van der Waals surface area contributed by atoms with E-state index in [1.807, 2.05) is 0 Å². The second-order valence-corrected chi connectivity index (χ2v) is 14.9. The van der Waals surface area contributed by atoms with Crippen molar-refractivity contribution in [1.82, 2.24) is 0 Å². The van der Waals surface area contributed by atoms with Gasteiger partial charge in [-0.2, -0.15) is 0 Å². The minimum atomic E-state index is 0.452. The second-order valence-electron chi connectivity index (χ2n) is 14.9. The van der Waals surface area contributed by atoms with Gasteiger partial charge in [-0.1, -0.05) is 89.6 Å². The Morgan fingerprint density at radius 1 is 0.976 bits per heavy atom. The highest BCUT2D eigenvalue weighted by molar-refractivity contribution is 5.71. The lowest BCUT2D eigenvalue weighted by Gasteiger charge is -2.43. The van der Waals surface area contributed by atoms with E-state index in [1.165, 1.54) is 74.7 Å². The van der Waals surface area contributed by atoms with Gasteiger partial charge >= 0.3 is 0 Å². The molecule has 7 unspecified atom stereocenters. The highest BCUT2D eigenvalue weighted by atomic mass is 15.2. The molecular weight excluding hydrogens is 508 g/mol. The van der Waals surface area contributed by atoms with E-state index >= 15 is 0 Å². The van der Waals surface area contributed by atoms with Crippen LogP contribution in [0.25, 0.3) is 5.57 Å². The molecule has 1 aromatic rings. The standard InChI is InChI=1S/C40H56N2/c1-7-13-39-37(22-27(4)28(5)26(2)3)35-18-10-11-19-40(35)42(39)32-15-12-14-29(23-32)30-20-21-31-25-38(41-6)34-17-9-8-16-33(34)36(31)24-30/h9-10,12,14-15,17-18,23-28,31,33-37,39-40H,6-8,11,13,16,19-22H2,1-5H3/t27?,28-,31?,33-,34?,35-,36?,37?,39?,40?/m1/s1. The molecule has 10 atom stereocenters. The quantitative estimate of drug-likeness (QED) is 0.215. The fraction of sp³-hybridized carbons (Fsp3) is 0.625. The summed E-state index contributed by atoms with van der Waals surface area (Å²) in [4.78, 5) is 7.41. The molecular formula is C40H56N2. The summed E-state index contributed by atoms with van der Waals surface area (Å²) in [7, 11) is 0. The Bertz CT molecular complexity index is 1230. The molecule has 1 saturated heterocycles. The Kier molecular flexibility index (Phi) is 8.99. The van der Waals surface area contributed by atoms with Crippen molar-refractivity contribution < 1.29 is 0 Å². The zero-order valence-electron chi connectivity index (χ0n) is 27.1. The predicted octanol–water partition coefficient (Wildman–Crippen LogP) is 10.5. The fourth-order valence-electron chi connectivity index (χ4n) is 9.74. The van der Waals surface area contributed by atoms with Crippen molar-refractivity contribution >= 4 is 18.0 Å². The zero-order chi connectivity index (χ0) is 29.4. The van der Waals surface area contributed by atoms with Gasteiger partial charge in [0.05, 0.1) is 0 Å². The van der Waals surface area contributed by atoms with Gasteiger partial charge in [-0.15, -0.1) is 0 Å². The molecule has 0 aromatic heterocycles. The van der Waals surface area contributed by atoms with Crippen LogP contribution in [0, 0.1) is 53.3 Å². The number of allylic oxidation sites excluding steroid dienone is 6. The zero-order valence-corrected chi connectivity index (χ0v) is 27.1. The number of fused-ring (bicyclic) bond motifs is 4. The SMILES string of the molecule is C=NC1=CC2CCC(c3cccc(N4C(CCC)C(CC(C)[C@H](C)C(C)C)[C@H]5C=CCCC54)c3)=CC2[C@@H]2CCC=CC12.